The molecule has 0 saturated carbocycles. The largest absolute Gasteiger partial charge is 0.444 e. The molecule has 1 aliphatic heterocycles. The molecule has 1 saturated heterocycles. The minimum absolute atomic E-state index is 0.211. The summed E-state index contributed by atoms with van der Waals surface area (Å²) in [6.07, 6.45) is -0.211. The van der Waals surface area contributed by atoms with E-state index >= 15 is 0 Å². The number of hydrogen-bond donors (Lipinski definition) is 1. The summed E-state index contributed by atoms with van der Waals surface area (Å²) >= 11 is 0. The normalized spacial score (nSPS) is 20.2. The summed E-state index contributed by atoms with van der Waals surface area (Å²) in [6, 6.07) is 0.385. The standard InChI is InChI=1S/C12H25N3O2/c1-10(9-13)14-5-7-15(8-6-14)11(16)17-12(2,3)4/h10H,5-9,13H2,1-4H3. The Hall–Kier alpha value is -0.810. The molecule has 0 spiro atoms. The first-order valence-corrected chi connectivity index (χ1v) is 6.25. The van der Waals surface area contributed by atoms with Crippen LogP contribution in [0.3, 0.4) is 0 Å². The second kappa shape index (κ2) is 5.69. The van der Waals surface area contributed by atoms with E-state index in [2.05, 4.69) is 11.8 Å². The summed E-state index contributed by atoms with van der Waals surface area (Å²) in [7, 11) is 0. The molecule has 5 heteroatoms. The van der Waals surface area contributed by atoms with Gasteiger partial charge in [0.1, 0.15) is 5.60 Å². The smallest absolute Gasteiger partial charge is 0.410 e. The summed E-state index contributed by atoms with van der Waals surface area (Å²) in [5.74, 6) is 0. The van der Waals surface area contributed by atoms with Crippen molar-refractivity contribution in [2.45, 2.75) is 39.3 Å². The van der Waals surface area contributed by atoms with Gasteiger partial charge in [0.25, 0.3) is 0 Å². The monoisotopic (exact) mass is 243 g/mol. The van der Waals surface area contributed by atoms with E-state index in [1.165, 1.54) is 0 Å². The van der Waals surface area contributed by atoms with E-state index in [1.54, 1.807) is 4.90 Å². The van der Waals surface area contributed by atoms with Crippen LogP contribution in [0.1, 0.15) is 27.7 Å². The lowest BCUT2D eigenvalue weighted by atomic mass is 10.2. The van der Waals surface area contributed by atoms with Gasteiger partial charge in [-0.15, -0.1) is 0 Å². The summed E-state index contributed by atoms with van der Waals surface area (Å²) < 4.78 is 5.34. The van der Waals surface area contributed by atoms with Gasteiger partial charge in [0.05, 0.1) is 0 Å². The van der Waals surface area contributed by atoms with Crippen molar-refractivity contribution in [3.63, 3.8) is 0 Å². The highest BCUT2D eigenvalue weighted by Gasteiger charge is 2.26. The molecule has 1 aliphatic rings. The quantitative estimate of drug-likeness (QED) is 0.782. The highest BCUT2D eigenvalue weighted by molar-refractivity contribution is 5.68. The van der Waals surface area contributed by atoms with Crippen LogP contribution in [-0.4, -0.2) is 60.3 Å². The molecule has 0 aromatic rings. The third-order valence-electron chi connectivity index (χ3n) is 2.93. The Kier molecular flexibility index (Phi) is 4.77. The van der Waals surface area contributed by atoms with Gasteiger partial charge in [-0.3, -0.25) is 4.90 Å². The van der Waals surface area contributed by atoms with Crippen molar-refractivity contribution in [3.05, 3.63) is 0 Å². The van der Waals surface area contributed by atoms with Gasteiger partial charge in [-0.2, -0.15) is 0 Å². The van der Waals surface area contributed by atoms with Gasteiger partial charge < -0.3 is 15.4 Å². The molecule has 1 unspecified atom stereocenters. The summed E-state index contributed by atoms with van der Waals surface area (Å²) in [5, 5.41) is 0. The van der Waals surface area contributed by atoms with Gasteiger partial charge in [0, 0.05) is 38.8 Å². The number of carbonyl (C=O) groups excluding carboxylic acids is 1. The van der Waals surface area contributed by atoms with Gasteiger partial charge in [0.15, 0.2) is 0 Å². The van der Waals surface area contributed by atoms with Crippen molar-refractivity contribution in [2.24, 2.45) is 5.73 Å². The van der Waals surface area contributed by atoms with Crippen LogP contribution in [0.25, 0.3) is 0 Å². The molecule has 100 valence electrons. The third-order valence-corrected chi connectivity index (χ3v) is 2.93. The number of nitrogens with zero attached hydrogens (tertiary/aromatic N) is 2. The summed E-state index contributed by atoms with van der Waals surface area (Å²) in [6.45, 7) is 11.6. The first kappa shape index (κ1) is 14.3. The van der Waals surface area contributed by atoms with Crippen molar-refractivity contribution < 1.29 is 9.53 Å². The predicted molar refractivity (Wildman–Crippen MR) is 67.9 cm³/mol. The van der Waals surface area contributed by atoms with Crippen LogP contribution in [0.4, 0.5) is 4.79 Å². The molecule has 1 heterocycles. The van der Waals surface area contributed by atoms with E-state index in [-0.39, 0.29) is 6.09 Å². The zero-order chi connectivity index (χ0) is 13.1. The molecule has 17 heavy (non-hydrogen) atoms. The molecule has 0 radical (unpaired) electrons. The summed E-state index contributed by atoms with van der Waals surface area (Å²) in [4.78, 5) is 15.9. The number of piperazine rings is 1. The number of amides is 1. The Labute approximate surface area is 104 Å². The molecule has 1 amide bonds. The van der Waals surface area contributed by atoms with Gasteiger partial charge >= 0.3 is 6.09 Å². The van der Waals surface area contributed by atoms with Crippen molar-refractivity contribution >= 4 is 6.09 Å². The number of carbonyl (C=O) groups is 1. The molecule has 0 aliphatic carbocycles. The first-order valence-electron chi connectivity index (χ1n) is 6.25. The number of hydrogen-bond acceptors (Lipinski definition) is 4. The average Bonchev–Trinajstić information content (AvgIpc) is 2.26. The SMILES string of the molecule is CC(CN)N1CCN(C(=O)OC(C)(C)C)CC1. The Bertz CT molecular complexity index is 255. The molecule has 1 fully saturated rings. The van der Waals surface area contributed by atoms with Crippen LogP contribution in [0.2, 0.25) is 0 Å². The minimum atomic E-state index is -0.418. The van der Waals surface area contributed by atoms with E-state index in [4.69, 9.17) is 10.5 Å². The van der Waals surface area contributed by atoms with Crippen molar-refractivity contribution in [3.8, 4) is 0 Å². The lowest BCUT2D eigenvalue weighted by Crippen LogP contribution is -2.53. The van der Waals surface area contributed by atoms with Crippen LogP contribution >= 0.6 is 0 Å². The van der Waals surface area contributed by atoms with Crippen LogP contribution in [0.15, 0.2) is 0 Å². The van der Waals surface area contributed by atoms with Gasteiger partial charge in [-0.1, -0.05) is 0 Å². The Balaban J connectivity index is 2.39. The topological polar surface area (TPSA) is 58.8 Å². The van der Waals surface area contributed by atoms with E-state index < -0.39 is 5.60 Å². The molecule has 0 aromatic heterocycles. The number of nitrogens with two attached hydrogens (primary N) is 1. The Morgan fingerprint density at radius 2 is 1.82 bits per heavy atom. The lowest BCUT2D eigenvalue weighted by molar-refractivity contribution is 0.0115. The Morgan fingerprint density at radius 1 is 1.29 bits per heavy atom. The molecule has 0 aromatic carbocycles. The third kappa shape index (κ3) is 4.52. The zero-order valence-electron chi connectivity index (χ0n) is 11.4. The second-order valence-electron chi connectivity index (χ2n) is 5.59. The molecule has 1 atom stereocenters. The van der Waals surface area contributed by atoms with Crippen LogP contribution in [0.5, 0.6) is 0 Å². The summed E-state index contributed by atoms with van der Waals surface area (Å²) in [5.41, 5.74) is 5.22. The maximum atomic E-state index is 11.8. The molecular weight excluding hydrogens is 218 g/mol. The molecule has 2 N–H and O–H groups in total. The average molecular weight is 243 g/mol. The van der Waals surface area contributed by atoms with Gasteiger partial charge in [-0.25, -0.2) is 4.79 Å². The molecular formula is C12H25N3O2. The van der Waals surface area contributed by atoms with Crippen LogP contribution in [-0.2, 0) is 4.74 Å². The van der Waals surface area contributed by atoms with E-state index in [9.17, 15) is 4.79 Å². The number of ether oxygens (including phenoxy) is 1. The maximum absolute atomic E-state index is 11.8. The Morgan fingerprint density at radius 3 is 2.24 bits per heavy atom. The maximum Gasteiger partial charge on any atom is 0.410 e. The number of rotatable bonds is 2. The van der Waals surface area contributed by atoms with Crippen molar-refractivity contribution in [2.75, 3.05) is 32.7 Å². The highest BCUT2D eigenvalue weighted by atomic mass is 16.6. The van der Waals surface area contributed by atoms with Crippen molar-refractivity contribution in [1.29, 1.82) is 0 Å². The van der Waals surface area contributed by atoms with Crippen LogP contribution < -0.4 is 5.73 Å². The molecule has 5 nitrogen and oxygen atoms in total. The minimum Gasteiger partial charge on any atom is -0.444 e. The van der Waals surface area contributed by atoms with Gasteiger partial charge in [0.2, 0.25) is 0 Å². The fourth-order valence-corrected chi connectivity index (χ4v) is 1.82. The zero-order valence-corrected chi connectivity index (χ0v) is 11.4. The fourth-order valence-electron chi connectivity index (χ4n) is 1.82. The van der Waals surface area contributed by atoms with E-state index in [0.29, 0.717) is 12.6 Å². The fraction of sp³-hybridized carbons (Fsp3) is 0.917. The first-order chi connectivity index (χ1) is 7.83. The highest BCUT2D eigenvalue weighted by Crippen LogP contribution is 2.12. The van der Waals surface area contributed by atoms with Crippen molar-refractivity contribution in [1.82, 2.24) is 9.80 Å². The van der Waals surface area contributed by atoms with E-state index in [1.807, 2.05) is 20.8 Å². The predicted octanol–water partition coefficient (Wildman–Crippen LogP) is 0.886. The lowest BCUT2D eigenvalue weighted by Gasteiger charge is -2.38. The van der Waals surface area contributed by atoms with E-state index in [0.717, 1.165) is 26.2 Å². The van der Waals surface area contributed by atoms with Gasteiger partial charge in [-0.05, 0) is 27.7 Å². The van der Waals surface area contributed by atoms with Crippen LogP contribution in [0, 0.1) is 0 Å². The molecule has 1 rings (SSSR count). The second-order valence-corrected chi connectivity index (χ2v) is 5.59. The molecule has 0 bridgehead atoms.